The fraction of sp³-hybridized carbons (Fsp3) is 0.231. The molecule has 0 bridgehead atoms. The first-order valence-electron chi connectivity index (χ1n) is 5.46. The monoisotopic (exact) mass is 253 g/mol. The van der Waals surface area contributed by atoms with Gasteiger partial charge in [-0.25, -0.2) is 8.78 Å². The summed E-state index contributed by atoms with van der Waals surface area (Å²) < 4.78 is 36.3. The summed E-state index contributed by atoms with van der Waals surface area (Å²) in [6.07, 6.45) is 0. The molecule has 1 aromatic carbocycles. The Bertz CT molecular complexity index is 552. The highest BCUT2D eigenvalue weighted by Gasteiger charge is 2.08. The second kappa shape index (κ2) is 5.18. The van der Waals surface area contributed by atoms with Gasteiger partial charge < -0.3 is 14.9 Å². The number of benzene rings is 1. The van der Waals surface area contributed by atoms with E-state index in [1.165, 1.54) is 6.07 Å². The predicted octanol–water partition coefficient (Wildman–Crippen LogP) is 2.90. The standard InChI is InChI=1S/C13H13F2NO2/c1-8-9(6-16)4-11(18-8)7-17-10-2-3-12(14)13(15)5-10/h2-5H,6-7,16H2,1H3. The highest BCUT2D eigenvalue weighted by molar-refractivity contribution is 5.24. The first-order valence-corrected chi connectivity index (χ1v) is 5.46. The molecule has 0 aliphatic heterocycles. The average Bonchev–Trinajstić information content (AvgIpc) is 2.71. The van der Waals surface area contributed by atoms with Crippen LogP contribution in [0.1, 0.15) is 17.1 Å². The second-order valence-electron chi connectivity index (χ2n) is 3.86. The van der Waals surface area contributed by atoms with Crippen molar-refractivity contribution in [1.29, 1.82) is 0 Å². The third-order valence-corrected chi connectivity index (χ3v) is 2.56. The van der Waals surface area contributed by atoms with Crippen molar-refractivity contribution in [3.8, 4) is 5.75 Å². The van der Waals surface area contributed by atoms with Crippen molar-refractivity contribution in [1.82, 2.24) is 0 Å². The van der Waals surface area contributed by atoms with Gasteiger partial charge in [0.2, 0.25) is 0 Å². The van der Waals surface area contributed by atoms with E-state index in [0.29, 0.717) is 12.3 Å². The molecule has 0 unspecified atom stereocenters. The van der Waals surface area contributed by atoms with Gasteiger partial charge >= 0.3 is 0 Å². The largest absolute Gasteiger partial charge is 0.486 e. The average molecular weight is 253 g/mol. The minimum Gasteiger partial charge on any atom is -0.486 e. The lowest BCUT2D eigenvalue weighted by Crippen LogP contribution is -1.96. The SMILES string of the molecule is Cc1oc(COc2ccc(F)c(F)c2)cc1CN. The molecule has 2 aromatic rings. The zero-order valence-electron chi connectivity index (χ0n) is 9.87. The van der Waals surface area contributed by atoms with E-state index in [9.17, 15) is 8.78 Å². The van der Waals surface area contributed by atoms with Crippen LogP contribution in [0.15, 0.2) is 28.7 Å². The summed E-state index contributed by atoms with van der Waals surface area (Å²) in [6.45, 7) is 2.34. The third-order valence-electron chi connectivity index (χ3n) is 2.56. The van der Waals surface area contributed by atoms with E-state index in [2.05, 4.69) is 0 Å². The van der Waals surface area contributed by atoms with Gasteiger partial charge in [-0.3, -0.25) is 0 Å². The molecule has 0 saturated heterocycles. The quantitative estimate of drug-likeness (QED) is 0.911. The molecule has 2 N–H and O–H groups in total. The van der Waals surface area contributed by atoms with Gasteiger partial charge in [0.15, 0.2) is 11.6 Å². The predicted molar refractivity (Wildman–Crippen MR) is 62.0 cm³/mol. The number of furan rings is 1. The van der Waals surface area contributed by atoms with Crippen molar-refractivity contribution < 1.29 is 17.9 Å². The maximum atomic E-state index is 12.9. The number of ether oxygens (including phenoxy) is 1. The maximum Gasteiger partial charge on any atom is 0.162 e. The van der Waals surface area contributed by atoms with E-state index in [1.54, 1.807) is 6.07 Å². The van der Waals surface area contributed by atoms with Crippen LogP contribution in [-0.2, 0) is 13.2 Å². The number of halogens is 2. The van der Waals surface area contributed by atoms with Crippen molar-refractivity contribution in [2.24, 2.45) is 5.73 Å². The fourth-order valence-corrected chi connectivity index (χ4v) is 1.58. The lowest BCUT2D eigenvalue weighted by atomic mass is 10.2. The van der Waals surface area contributed by atoms with E-state index in [1.807, 2.05) is 6.92 Å². The third kappa shape index (κ3) is 2.68. The first kappa shape index (κ1) is 12.6. The Hall–Kier alpha value is -1.88. The van der Waals surface area contributed by atoms with Crippen LogP contribution < -0.4 is 10.5 Å². The highest BCUT2D eigenvalue weighted by Crippen LogP contribution is 2.19. The minimum atomic E-state index is -0.939. The summed E-state index contributed by atoms with van der Waals surface area (Å²) in [5, 5.41) is 0. The van der Waals surface area contributed by atoms with Gasteiger partial charge in [0.25, 0.3) is 0 Å². The number of nitrogens with two attached hydrogens (primary N) is 1. The van der Waals surface area contributed by atoms with Crippen LogP contribution >= 0.6 is 0 Å². The Labute approximate surface area is 103 Å². The Morgan fingerprint density at radius 1 is 1.22 bits per heavy atom. The zero-order chi connectivity index (χ0) is 13.1. The molecule has 0 radical (unpaired) electrons. The fourth-order valence-electron chi connectivity index (χ4n) is 1.58. The summed E-state index contributed by atoms with van der Waals surface area (Å²) in [5.41, 5.74) is 6.42. The Morgan fingerprint density at radius 2 is 2.00 bits per heavy atom. The van der Waals surface area contributed by atoms with Gasteiger partial charge in [-0.2, -0.15) is 0 Å². The van der Waals surface area contributed by atoms with Gasteiger partial charge in [-0.1, -0.05) is 0 Å². The normalized spacial score (nSPS) is 10.7. The highest BCUT2D eigenvalue weighted by atomic mass is 19.2. The zero-order valence-corrected chi connectivity index (χ0v) is 9.87. The molecule has 96 valence electrons. The van der Waals surface area contributed by atoms with Crippen molar-refractivity contribution >= 4 is 0 Å². The van der Waals surface area contributed by atoms with Crippen LogP contribution in [0.25, 0.3) is 0 Å². The molecule has 1 heterocycles. The lowest BCUT2D eigenvalue weighted by molar-refractivity contribution is 0.265. The van der Waals surface area contributed by atoms with Gasteiger partial charge in [-0.15, -0.1) is 0 Å². The molecule has 0 fully saturated rings. The van der Waals surface area contributed by atoms with Crippen molar-refractivity contribution in [3.63, 3.8) is 0 Å². The van der Waals surface area contributed by atoms with Gasteiger partial charge in [0.05, 0.1) is 0 Å². The van der Waals surface area contributed by atoms with Crippen LogP contribution in [0.2, 0.25) is 0 Å². The molecule has 3 nitrogen and oxygen atoms in total. The molecule has 0 amide bonds. The Morgan fingerprint density at radius 3 is 2.61 bits per heavy atom. The lowest BCUT2D eigenvalue weighted by Gasteiger charge is -2.04. The van der Waals surface area contributed by atoms with Gasteiger partial charge in [0, 0.05) is 18.2 Å². The summed E-state index contributed by atoms with van der Waals surface area (Å²) in [4.78, 5) is 0. The topological polar surface area (TPSA) is 48.4 Å². The molecule has 1 aromatic heterocycles. The first-order chi connectivity index (χ1) is 8.60. The van der Waals surface area contributed by atoms with E-state index in [4.69, 9.17) is 14.9 Å². The number of aryl methyl sites for hydroxylation is 1. The van der Waals surface area contributed by atoms with Gasteiger partial charge in [0.1, 0.15) is 23.9 Å². The van der Waals surface area contributed by atoms with E-state index in [0.717, 1.165) is 23.5 Å². The second-order valence-corrected chi connectivity index (χ2v) is 3.86. The van der Waals surface area contributed by atoms with Crippen molar-refractivity contribution in [3.05, 3.63) is 53.0 Å². The maximum absolute atomic E-state index is 12.9. The summed E-state index contributed by atoms with van der Waals surface area (Å²) >= 11 is 0. The van der Waals surface area contributed by atoms with Crippen LogP contribution in [0.5, 0.6) is 5.75 Å². The molecule has 0 spiro atoms. The summed E-state index contributed by atoms with van der Waals surface area (Å²) in [6, 6.07) is 5.16. The molecule has 0 aliphatic rings. The molecule has 18 heavy (non-hydrogen) atoms. The molecule has 0 atom stereocenters. The van der Waals surface area contributed by atoms with Crippen molar-refractivity contribution in [2.45, 2.75) is 20.1 Å². The molecule has 0 saturated carbocycles. The number of hydrogen-bond donors (Lipinski definition) is 1. The van der Waals surface area contributed by atoms with Crippen LogP contribution in [0.3, 0.4) is 0 Å². The van der Waals surface area contributed by atoms with Crippen LogP contribution in [0, 0.1) is 18.6 Å². The van der Waals surface area contributed by atoms with E-state index < -0.39 is 11.6 Å². The van der Waals surface area contributed by atoms with Gasteiger partial charge in [-0.05, 0) is 25.1 Å². The minimum absolute atomic E-state index is 0.145. The Balaban J connectivity index is 2.04. The van der Waals surface area contributed by atoms with Crippen LogP contribution in [-0.4, -0.2) is 0 Å². The van der Waals surface area contributed by atoms with Crippen LogP contribution in [0.4, 0.5) is 8.78 Å². The van der Waals surface area contributed by atoms with Crippen molar-refractivity contribution in [2.75, 3.05) is 0 Å². The van der Waals surface area contributed by atoms with E-state index >= 15 is 0 Å². The molecular weight excluding hydrogens is 240 g/mol. The summed E-state index contributed by atoms with van der Waals surface area (Å²) in [5.74, 6) is -0.260. The molecule has 5 heteroatoms. The molecule has 0 aliphatic carbocycles. The number of rotatable bonds is 4. The molecule has 2 rings (SSSR count). The number of hydrogen-bond acceptors (Lipinski definition) is 3. The smallest absolute Gasteiger partial charge is 0.162 e. The van der Waals surface area contributed by atoms with E-state index in [-0.39, 0.29) is 12.4 Å². The molecular formula is C13H13F2NO2. The summed E-state index contributed by atoms with van der Waals surface area (Å²) in [7, 11) is 0. The Kier molecular flexibility index (Phi) is 3.62.